The van der Waals surface area contributed by atoms with E-state index >= 15 is 0 Å². The highest BCUT2D eigenvalue weighted by Gasteiger charge is 2.14. The summed E-state index contributed by atoms with van der Waals surface area (Å²) in [5, 5.41) is 3.77. The predicted octanol–water partition coefficient (Wildman–Crippen LogP) is 5.46. The van der Waals surface area contributed by atoms with E-state index in [4.69, 9.17) is 14.2 Å². The molecule has 0 bridgehead atoms. The maximum absolute atomic E-state index is 13.2. The van der Waals surface area contributed by atoms with E-state index in [2.05, 4.69) is 10.3 Å². The van der Waals surface area contributed by atoms with E-state index in [9.17, 15) is 4.79 Å². The average molecular weight is 457 g/mol. The first kappa shape index (κ1) is 23.1. The number of hydrogen-bond donors (Lipinski definition) is 1. The van der Waals surface area contributed by atoms with Gasteiger partial charge in [0.1, 0.15) is 6.61 Å². The second-order valence-electron chi connectivity index (χ2n) is 7.90. The Labute approximate surface area is 199 Å². The Balaban J connectivity index is 1.52. The molecular formula is C28H28N2O4. The number of carbonyl (C=O) groups is 1. The molecule has 0 spiro atoms. The minimum Gasteiger partial charge on any atom is -0.493 e. The summed E-state index contributed by atoms with van der Waals surface area (Å²) in [6.45, 7) is 5.24. The summed E-state index contributed by atoms with van der Waals surface area (Å²) >= 11 is 0. The van der Waals surface area contributed by atoms with Crippen LogP contribution in [0.25, 0.3) is 10.9 Å². The Morgan fingerprint density at radius 2 is 1.68 bits per heavy atom. The topological polar surface area (TPSA) is 69.7 Å². The number of methoxy groups -OCH3 is 1. The van der Waals surface area contributed by atoms with Crippen LogP contribution in [0, 0.1) is 6.92 Å². The lowest BCUT2D eigenvalue weighted by atomic mass is 10.1. The molecule has 0 radical (unpaired) electrons. The molecule has 0 unspecified atom stereocenters. The van der Waals surface area contributed by atoms with Gasteiger partial charge in [-0.2, -0.15) is 0 Å². The number of ether oxygens (including phenoxy) is 3. The van der Waals surface area contributed by atoms with Crippen molar-refractivity contribution in [3.05, 3.63) is 95.1 Å². The first-order valence-electron chi connectivity index (χ1n) is 11.2. The van der Waals surface area contributed by atoms with Crippen LogP contribution in [0.1, 0.15) is 34.0 Å². The van der Waals surface area contributed by atoms with Gasteiger partial charge in [-0.3, -0.25) is 4.79 Å². The standard InChI is InChI=1S/C28H28N2O4/c1-4-33-25-14-13-21(15-26(25)32-3)17-29-28(31)23-16-27(30-24-8-6-5-7-22(23)24)34-18-20-11-9-19(2)10-12-20/h5-16H,4,17-18H2,1-3H3,(H,29,31). The van der Waals surface area contributed by atoms with Crippen molar-refractivity contribution in [1.29, 1.82) is 0 Å². The fourth-order valence-corrected chi connectivity index (χ4v) is 3.63. The third kappa shape index (κ3) is 5.46. The Morgan fingerprint density at radius 3 is 2.44 bits per heavy atom. The molecule has 6 heteroatoms. The van der Waals surface area contributed by atoms with Gasteiger partial charge in [0, 0.05) is 18.0 Å². The van der Waals surface area contributed by atoms with Gasteiger partial charge in [-0.15, -0.1) is 0 Å². The van der Waals surface area contributed by atoms with Gasteiger partial charge in [0.05, 0.1) is 24.8 Å². The maximum Gasteiger partial charge on any atom is 0.252 e. The summed E-state index contributed by atoms with van der Waals surface area (Å²) < 4.78 is 16.9. The molecule has 0 aliphatic rings. The van der Waals surface area contributed by atoms with Crippen LogP contribution in [-0.4, -0.2) is 24.6 Å². The number of rotatable bonds is 9. The number of carbonyl (C=O) groups excluding carboxylic acids is 1. The number of fused-ring (bicyclic) bond motifs is 1. The zero-order valence-corrected chi connectivity index (χ0v) is 19.6. The van der Waals surface area contributed by atoms with Crippen molar-refractivity contribution in [3.63, 3.8) is 0 Å². The Bertz CT molecular complexity index is 1290. The summed E-state index contributed by atoms with van der Waals surface area (Å²) in [6, 6.07) is 23.0. The molecule has 1 aromatic heterocycles. The number of para-hydroxylation sites is 1. The third-order valence-electron chi connectivity index (χ3n) is 5.43. The van der Waals surface area contributed by atoms with Gasteiger partial charge in [-0.25, -0.2) is 4.98 Å². The van der Waals surface area contributed by atoms with Crippen molar-refractivity contribution in [3.8, 4) is 17.4 Å². The minimum atomic E-state index is -0.202. The van der Waals surface area contributed by atoms with Crippen molar-refractivity contribution < 1.29 is 19.0 Å². The molecule has 6 nitrogen and oxygen atoms in total. The van der Waals surface area contributed by atoms with Crippen molar-refractivity contribution in [2.75, 3.05) is 13.7 Å². The van der Waals surface area contributed by atoms with E-state index in [0.29, 0.717) is 48.2 Å². The zero-order valence-electron chi connectivity index (χ0n) is 19.6. The van der Waals surface area contributed by atoms with Gasteiger partial charge in [-0.1, -0.05) is 54.1 Å². The molecule has 0 saturated heterocycles. The van der Waals surface area contributed by atoms with Gasteiger partial charge in [0.2, 0.25) is 5.88 Å². The number of amides is 1. The van der Waals surface area contributed by atoms with E-state index in [-0.39, 0.29) is 5.91 Å². The molecule has 174 valence electrons. The molecular weight excluding hydrogens is 428 g/mol. The van der Waals surface area contributed by atoms with Crippen LogP contribution in [0.4, 0.5) is 0 Å². The molecule has 3 aromatic carbocycles. The quantitative estimate of drug-likeness (QED) is 0.362. The molecule has 1 amide bonds. The highest BCUT2D eigenvalue weighted by atomic mass is 16.5. The largest absolute Gasteiger partial charge is 0.493 e. The third-order valence-corrected chi connectivity index (χ3v) is 5.43. The lowest BCUT2D eigenvalue weighted by Crippen LogP contribution is -2.23. The van der Waals surface area contributed by atoms with Crippen LogP contribution in [0.2, 0.25) is 0 Å². The van der Waals surface area contributed by atoms with Gasteiger partial charge in [-0.05, 0) is 43.2 Å². The molecule has 1 heterocycles. The Morgan fingerprint density at radius 1 is 0.912 bits per heavy atom. The number of aryl methyl sites for hydroxylation is 1. The van der Waals surface area contributed by atoms with Crippen molar-refractivity contribution in [1.82, 2.24) is 10.3 Å². The van der Waals surface area contributed by atoms with E-state index in [1.165, 1.54) is 5.56 Å². The zero-order chi connectivity index (χ0) is 23.9. The summed E-state index contributed by atoms with van der Waals surface area (Å²) in [7, 11) is 1.60. The van der Waals surface area contributed by atoms with Crippen LogP contribution in [-0.2, 0) is 13.2 Å². The van der Waals surface area contributed by atoms with Crippen molar-refractivity contribution in [2.45, 2.75) is 27.0 Å². The van der Waals surface area contributed by atoms with Crippen LogP contribution in [0.15, 0.2) is 72.8 Å². The number of benzene rings is 3. The molecule has 4 aromatic rings. The number of pyridine rings is 1. The molecule has 0 atom stereocenters. The minimum absolute atomic E-state index is 0.202. The molecule has 4 rings (SSSR count). The first-order chi connectivity index (χ1) is 16.6. The number of nitrogens with one attached hydrogen (secondary N) is 1. The number of hydrogen-bond acceptors (Lipinski definition) is 5. The smallest absolute Gasteiger partial charge is 0.252 e. The molecule has 0 saturated carbocycles. The highest BCUT2D eigenvalue weighted by Crippen LogP contribution is 2.28. The summed E-state index contributed by atoms with van der Waals surface area (Å²) in [5.41, 5.74) is 4.36. The van der Waals surface area contributed by atoms with Gasteiger partial charge in [0.15, 0.2) is 11.5 Å². The lowest BCUT2D eigenvalue weighted by Gasteiger charge is -2.13. The number of aromatic nitrogens is 1. The molecule has 0 aliphatic heterocycles. The lowest BCUT2D eigenvalue weighted by molar-refractivity contribution is 0.0952. The predicted molar refractivity (Wildman–Crippen MR) is 133 cm³/mol. The average Bonchev–Trinajstić information content (AvgIpc) is 2.87. The fraction of sp³-hybridized carbons (Fsp3) is 0.214. The SMILES string of the molecule is CCOc1ccc(CNC(=O)c2cc(OCc3ccc(C)cc3)nc3ccccc23)cc1OC. The second kappa shape index (κ2) is 10.7. The summed E-state index contributed by atoms with van der Waals surface area (Å²) in [5.74, 6) is 1.52. The van der Waals surface area contributed by atoms with Crippen LogP contribution in [0.5, 0.6) is 17.4 Å². The van der Waals surface area contributed by atoms with Crippen molar-refractivity contribution in [2.24, 2.45) is 0 Å². The van der Waals surface area contributed by atoms with E-state index in [0.717, 1.165) is 16.5 Å². The van der Waals surface area contributed by atoms with Crippen LogP contribution < -0.4 is 19.5 Å². The first-order valence-corrected chi connectivity index (χ1v) is 11.2. The maximum atomic E-state index is 13.2. The summed E-state index contributed by atoms with van der Waals surface area (Å²) in [4.78, 5) is 17.8. The van der Waals surface area contributed by atoms with E-state index in [1.807, 2.05) is 80.6 Å². The Kier molecular flexibility index (Phi) is 7.28. The molecule has 0 fully saturated rings. The second-order valence-corrected chi connectivity index (χ2v) is 7.90. The normalized spacial score (nSPS) is 10.7. The van der Waals surface area contributed by atoms with Gasteiger partial charge >= 0.3 is 0 Å². The monoisotopic (exact) mass is 456 g/mol. The van der Waals surface area contributed by atoms with E-state index < -0.39 is 0 Å². The van der Waals surface area contributed by atoms with E-state index in [1.54, 1.807) is 13.2 Å². The molecule has 1 N–H and O–H groups in total. The van der Waals surface area contributed by atoms with Gasteiger partial charge < -0.3 is 19.5 Å². The van der Waals surface area contributed by atoms with Crippen LogP contribution >= 0.6 is 0 Å². The van der Waals surface area contributed by atoms with Gasteiger partial charge in [0.25, 0.3) is 5.91 Å². The fourth-order valence-electron chi connectivity index (χ4n) is 3.63. The van der Waals surface area contributed by atoms with Crippen molar-refractivity contribution >= 4 is 16.8 Å². The number of nitrogens with zero attached hydrogens (tertiary/aromatic N) is 1. The Hall–Kier alpha value is -4.06. The highest BCUT2D eigenvalue weighted by molar-refractivity contribution is 6.06. The molecule has 34 heavy (non-hydrogen) atoms. The summed E-state index contributed by atoms with van der Waals surface area (Å²) in [6.07, 6.45) is 0. The molecule has 0 aliphatic carbocycles. The van der Waals surface area contributed by atoms with Crippen LogP contribution in [0.3, 0.4) is 0 Å².